The Labute approximate surface area is 152 Å². The van der Waals surface area contributed by atoms with Gasteiger partial charge in [0.1, 0.15) is 0 Å². The van der Waals surface area contributed by atoms with E-state index in [1.807, 2.05) is 42.5 Å². The molecule has 2 aromatic rings. The van der Waals surface area contributed by atoms with Crippen LogP contribution in [0.5, 0.6) is 0 Å². The van der Waals surface area contributed by atoms with Gasteiger partial charge in [-0.25, -0.2) is 9.59 Å². The van der Waals surface area contributed by atoms with Gasteiger partial charge in [-0.2, -0.15) is 0 Å². The van der Waals surface area contributed by atoms with E-state index >= 15 is 0 Å². The predicted molar refractivity (Wildman–Crippen MR) is 97.8 cm³/mol. The number of esters is 1. The number of hydrogen-bond acceptors (Lipinski definition) is 4. The summed E-state index contributed by atoms with van der Waals surface area (Å²) in [5.41, 5.74) is 2.44. The Hall–Kier alpha value is -3.15. The number of rotatable bonds is 6. The monoisotopic (exact) mass is 354 g/mol. The molecule has 0 bridgehead atoms. The highest BCUT2D eigenvalue weighted by Gasteiger charge is 2.21. The van der Waals surface area contributed by atoms with Gasteiger partial charge in [0.05, 0.1) is 5.56 Å². The standard InChI is InChI=1S/C20H22N2O4/c1-14(18(23)22-20(25)21-2)26-19(24)17-11-7-6-10-16(17)13-12-15-8-4-3-5-9-15/h3-11,14H,12-13H2,1-2H3,(H2,21,22,23,25). The van der Waals surface area contributed by atoms with Crippen molar-refractivity contribution in [2.24, 2.45) is 0 Å². The van der Waals surface area contributed by atoms with Crippen LogP contribution in [-0.4, -0.2) is 31.1 Å². The van der Waals surface area contributed by atoms with Crippen LogP contribution in [0.15, 0.2) is 54.6 Å². The minimum Gasteiger partial charge on any atom is -0.449 e. The number of urea groups is 1. The Balaban J connectivity index is 2.02. The molecular weight excluding hydrogens is 332 g/mol. The van der Waals surface area contributed by atoms with E-state index < -0.39 is 24.0 Å². The molecule has 0 saturated carbocycles. The quantitative estimate of drug-likeness (QED) is 0.781. The van der Waals surface area contributed by atoms with Crippen LogP contribution >= 0.6 is 0 Å². The maximum Gasteiger partial charge on any atom is 0.339 e. The molecule has 6 heteroatoms. The minimum absolute atomic E-state index is 0.419. The summed E-state index contributed by atoms with van der Waals surface area (Å²) in [6, 6.07) is 16.5. The van der Waals surface area contributed by atoms with Crippen molar-refractivity contribution in [1.29, 1.82) is 0 Å². The Kier molecular flexibility index (Phi) is 6.91. The third-order valence-electron chi connectivity index (χ3n) is 3.88. The van der Waals surface area contributed by atoms with E-state index in [4.69, 9.17) is 4.74 Å². The number of carbonyl (C=O) groups excluding carboxylic acids is 3. The van der Waals surface area contributed by atoms with Crippen molar-refractivity contribution in [3.63, 3.8) is 0 Å². The van der Waals surface area contributed by atoms with Gasteiger partial charge in [-0.1, -0.05) is 48.5 Å². The van der Waals surface area contributed by atoms with E-state index in [1.54, 1.807) is 12.1 Å². The smallest absolute Gasteiger partial charge is 0.339 e. The first-order chi connectivity index (χ1) is 12.5. The number of imide groups is 1. The minimum atomic E-state index is -1.08. The second-order valence-electron chi connectivity index (χ2n) is 5.76. The number of amides is 3. The molecule has 6 nitrogen and oxygen atoms in total. The largest absolute Gasteiger partial charge is 0.449 e. The first-order valence-corrected chi connectivity index (χ1v) is 8.36. The molecule has 2 rings (SSSR count). The lowest BCUT2D eigenvalue weighted by atomic mass is 10.00. The van der Waals surface area contributed by atoms with Crippen LogP contribution in [0.1, 0.15) is 28.4 Å². The fraction of sp³-hybridized carbons (Fsp3) is 0.250. The van der Waals surface area contributed by atoms with Crippen molar-refractivity contribution < 1.29 is 19.1 Å². The van der Waals surface area contributed by atoms with Gasteiger partial charge in [0.15, 0.2) is 6.10 Å². The molecule has 1 unspecified atom stereocenters. The summed E-state index contributed by atoms with van der Waals surface area (Å²) in [6.45, 7) is 1.42. The van der Waals surface area contributed by atoms with Crippen LogP contribution in [0.25, 0.3) is 0 Å². The summed E-state index contributed by atoms with van der Waals surface area (Å²) in [7, 11) is 1.39. The molecule has 0 aliphatic carbocycles. The molecule has 2 N–H and O–H groups in total. The molecular formula is C20H22N2O4. The second kappa shape index (κ2) is 9.36. The molecule has 0 aromatic heterocycles. The van der Waals surface area contributed by atoms with E-state index in [9.17, 15) is 14.4 Å². The van der Waals surface area contributed by atoms with Crippen molar-refractivity contribution >= 4 is 17.9 Å². The molecule has 0 radical (unpaired) electrons. The molecule has 136 valence electrons. The number of hydrogen-bond donors (Lipinski definition) is 2. The van der Waals surface area contributed by atoms with Crippen molar-refractivity contribution in [2.45, 2.75) is 25.9 Å². The fourth-order valence-electron chi connectivity index (χ4n) is 2.41. The molecule has 26 heavy (non-hydrogen) atoms. The maximum absolute atomic E-state index is 12.4. The van der Waals surface area contributed by atoms with Gasteiger partial charge in [0, 0.05) is 7.05 Å². The van der Waals surface area contributed by atoms with Crippen LogP contribution < -0.4 is 10.6 Å². The Bertz CT molecular complexity index is 774. The molecule has 0 aliphatic heterocycles. The number of benzene rings is 2. The molecule has 0 fully saturated rings. The highest BCUT2D eigenvalue weighted by Crippen LogP contribution is 2.15. The summed E-state index contributed by atoms with van der Waals surface area (Å²) in [4.78, 5) is 35.4. The molecule has 0 heterocycles. The molecule has 3 amide bonds. The van der Waals surface area contributed by atoms with Crippen molar-refractivity contribution in [3.8, 4) is 0 Å². The first-order valence-electron chi connectivity index (χ1n) is 8.36. The first kappa shape index (κ1) is 19.2. The highest BCUT2D eigenvalue weighted by molar-refractivity contribution is 5.98. The Morgan fingerprint density at radius 3 is 2.31 bits per heavy atom. The third kappa shape index (κ3) is 5.44. The zero-order valence-corrected chi connectivity index (χ0v) is 14.8. The summed E-state index contributed by atoms with van der Waals surface area (Å²) >= 11 is 0. The van der Waals surface area contributed by atoms with Crippen molar-refractivity contribution in [2.75, 3.05) is 7.05 Å². The van der Waals surface area contributed by atoms with Crippen molar-refractivity contribution in [3.05, 3.63) is 71.3 Å². The zero-order chi connectivity index (χ0) is 18.9. The SMILES string of the molecule is CNC(=O)NC(=O)C(C)OC(=O)c1ccccc1CCc1ccccc1. The van der Waals surface area contributed by atoms with Gasteiger partial charge < -0.3 is 10.1 Å². The summed E-state index contributed by atoms with van der Waals surface area (Å²) < 4.78 is 5.21. The molecule has 0 spiro atoms. The van der Waals surface area contributed by atoms with E-state index in [0.29, 0.717) is 12.0 Å². The number of ether oxygens (including phenoxy) is 1. The van der Waals surface area contributed by atoms with Crippen molar-refractivity contribution in [1.82, 2.24) is 10.6 Å². The molecule has 0 aliphatic rings. The van der Waals surface area contributed by atoms with Crippen LogP contribution in [-0.2, 0) is 22.4 Å². The predicted octanol–water partition coefficient (Wildman–Crippen LogP) is 2.47. The highest BCUT2D eigenvalue weighted by atomic mass is 16.5. The van der Waals surface area contributed by atoms with Gasteiger partial charge in [-0.3, -0.25) is 10.1 Å². The van der Waals surface area contributed by atoms with E-state index in [1.165, 1.54) is 19.5 Å². The van der Waals surface area contributed by atoms with Crippen LogP contribution in [0.3, 0.4) is 0 Å². The summed E-state index contributed by atoms with van der Waals surface area (Å²) in [6.07, 6.45) is 0.383. The second-order valence-corrected chi connectivity index (χ2v) is 5.76. The summed E-state index contributed by atoms with van der Waals surface area (Å²) in [5.74, 6) is -1.27. The molecule has 1 atom stereocenters. The molecule has 0 saturated heterocycles. The topological polar surface area (TPSA) is 84.5 Å². The molecule has 2 aromatic carbocycles. The summed E-state index contributed by atoms with van der Waals surface area (Å²) in [5, 5.41) is 4.35. The van der Waals surface area contributed by atoms with E-state index in [0.717, 1.165) is 12.0 Å². The van der Waals surface area contributed by atoms with Crippen LogP contribution in [0, 0.1) is 0 Å². The fourth-order valence-corrected chi connectivity index (χ4v) is 2.41. The van der Waals surface area contributed by atoms with E-state index in [2.05, 4.69) is 10.6 Å². The number of aryl methyl sites for hydroxylation is 2. The number of carbonyl (C=O) groups is 3. The van der Waals surface area contributed by atoms with E-state index in [-0.39, 0.29) is 0 Å². The normalized spacial score (nSPS) is 11.3. The Morgan fingerprint density at radius 1 is 0.962 bits per heavy atom. The van der Waals surface area contributed by atoms with Crippen LogP contribution in [0.2, 0.25) is 0 Å². The lowest BCUT2D eigenvalue weighted by molar-refractivity contribution is -0.127. The van der Waals surface area contributed by atoms with Gasteiger partial charge in [0.25, 0.3) is 5.91 Å². The zero-order valence-electron chi connectivity index (χ0n) is 14.8. The van der Waals surface area contributed by atoms with Gasteiger partial charge in [-0.15, -0.1) is 0 Å². The lowest BCUT2D eigenvalue weighted by Crippen LogP contribution is -2.43. The average molecular weight is 354 g/mol. The number of nitrogens with one attached hydrogen (secondary N) is 2. The Morgan fingerprint density at radius 2 is 1.62 bits per heavy atom. The van der Waals surface area contributed by atoms with Gasteiger partial charge >= 0.3 is 12.0 Å². The van der Waals surface area contributed by atoms with Crippen LogP contribution in [0.4, 0.5) is 4.79 Å². The average Bonchev–Trinajstić information content (AvgIpc) is 2.67. The third-order valence-corrected chi connectivity index (χ3v) is 3.88. The lowest BCUT2D eigenvalue weighted by Gasteiger charge is -2.14. The van der Waals surface area contributed by atoms with Gasteiger partial charge in [-0.05, 0) is 37.0 Å². The van der Waals surface area contributed by atoms with Gasteiger partial charge in [0.2, 0.25) is 0 Å². The maximum atomic E-state index is 12.4.